The van der Waals surface area contributed by atoms with Crippen LogP contribution in [-0.2, 0) is 4.74 Å². The van der Waals surface area contributed by atoms with E-state index < -0.39 is 37.2 Å². The van der Waals surface area contributed by atoms with Gasteiger partial charge < -0.3 is 20.1 Å². The van der Waals surface area contributed by atoms with Crippen molar-refractivity contribution < 1.29 is 24.4 Å². The van der Waals surface area contributed by atoms with E-state index >= 15 is 0 Å². The molecular formula is C9H17FO4. The third-order valence-electron chi connectivity index (χ3n) is 2.54. The van der Waals surface area contributed by atoms with Gasteiger partial charge in [0.05, 0.1) is 12.7 Å². The Kier molecular flexibility index (Phi) is 3.83. The van der Waals surface area contributed by atoms with Gasteiger partial charge in [0.2, 0.25) is 0 Å². The van der Waals surface area contributed by atoms with Gasteiger partial charge in [-0.25, -0.2) is 4.39 Å². The summed E-state index contributed by atoms with van der Waals surface area (Å²) in [7, 11) is 0. The normalized spacial score (nSPS) is 44.4. The predicted octanol–water partition coefficient (Wildman–Crippen LogP) is -0.538. The maximum Gasteiger partial charge on any atom is 0.157 e. The van der Waals surface area contributed by atoms with E-state index in [9.17, 15) is 14.6 Å². The Labute approximate surface area is 82.3 Å². The molecule has 1 heterocycles. The third kappa shape index (κ3) is 2.06. The zero-order valence-electron chi connectivity index (χ0n) is 8.30. The summed E-state index contributed by atoms with van der Waals surface area (Å²) in [4.78, 5) is 0. The predicted molar refractivity (Wildman–Crippen MR) is 47.5 cm³/mol. The molecule has 0 aromatic rings. The monoisotopic (exact) mass is 208 g/mol. The average Bonchev–Trinajstić information content (AvgIpc) is 2.14. The summed E-state index contributed by atoms with van der Waals surface area (Å²) in [6.07, 6.45) is -6.11. The molecular weight excluding hydrogens is 191 g/mol. The Morgan fingerprint density at radius 3 is 2.29 bits per heavy atom. The molecule has 0 unspecified atom stereocenters. The molecule has 0 radical (unpaired) electrons. The molecule has 0 aromatic heterocycles. The first-order chi connectivity index (χ1) is 6.49. The standard InChI is InChI=1S/C9H17FO4/c1-4(2)9-8(13)7(12)6(10)5(3-11)14-9/h4-9,11-13H,3H2,1-2H3/t5-,6-,7+,8-,9+/m1/s1. The van der Waals surface area contributed by atoms with Crippen molar-refractivity contribution in [3.05, 3.63) is 0 Å². The first-order valence-electron chi connectivity index (χ1n) is 4.75. The summed E-state index contributed by atoms with van der Waals surface area (Å²) in [6.45, 7) is 3.11. The van der Waals surface area contributed by atoms with E-state index in [1.54, 1.807) is 13.8 Å². The van der Waals surface area contributed by atoms with E-state index in [-0.39, 0.29) is 5.92 Å². The Balaban J connectivity index is 2.73. The fourth-order valence-electron chi connectivity index (χ4n) is 1.66. The lowest BCUT2D eigenvalue weighted by Crippen LogP contribution is -2.58. The average molecular weight is 208 g/mol. The highest BCUT2D eigenvalue weighted by Gasteiger charge is 2.45. The van der Waals surface area contributed by atoms with Crippen molar-refractivity contribution in [2.45, 2.75) is 44.4 Å². The first kappa shape index (κ1) is 11.8. The summed E-state index contributed by atoms with van der Waals surface area (Å²) < 4.78 is 18.4. The van der Waals surface area contributed by atoms with E-state index in [1.165, 1.54) is 0 Å². The van der Waals surface area contributed by atoms with Crippen LogP contribution in [0.1, 0.15) is 13.8 Å². The number of hydrogen-bond donors (Lipinski definition) is 3. The van der Waals surface area contributed by atoms with Crippen LogP contribution in [0.3, 0.4) is 0 Å². The van der Waals surface area contributed by atoms with E-state index in [2.05, 4.69) is 0 Å². The van der Waals surface area contributed by atoms with Crippen LogP contribution in [0.5, 0.6) is 0 Å². The van der Waals surface area contributed by atoms with Gasteiger partial charge in [0.25, 0.3) is 0 Å². The summed E-state index contributed by atoms with van der Waals surface area (Å²) in [5.41, 5.74) is 0. The molecule has 5 atom stereocenters. The van der Waals surface area contributed by atoms with Crippen molar-refractivity contribution >= 4 is 0 Å². The highest BCUT2D eigenvalue weighted by Crippen LogP contribution is 2.27. The smallest absolute Gasteiger partial charge is 0.157 e. The largest absolute Gasteiger partial charge is 0.394 e. The number of aliphatic hydroxyl groups excluding tert-OH is 3. The summed E-state index contributed by atoms with van der Waals surface area (Å²) in [6, 6.07) is 0. The second-order valence-corrected chi connectivity index (χ2v) is 3.99. The summed E-state index contributed by atoms with van der Waals surface area (Å²) in [5, 5.41) is 27.7. The number of aliphatic hydroxyl groups is 3. The molecule has 0 aromatic carbocycles. The van der Waals surface area contributed by atoms with Gasteiger partial charge in [0.1, 0.15) is 18.3 Å². The van der Waals surface area contributed by atoms with Gasteiger partial charge in [-0.05, 0) is 5.92 Å². The minimum atomic E-state index is -1.73. The molecule has 3 N–H and O–H groups in total. The van der Waals surface area contributed by atoms with Crippen molar-refractivity contribution in [3.8, 4) is 0 Å². The molecule has 4 nitrogen and oxygen atoms in total. The van der Waals surface area contributed by atoms with Crippen LogP contribution in [-0.4, -0.2) is 52.5 Å². The Hall–Kier alpha value is -0.230. The number of halogens is 1. The maximum atomic E-state index is 13.2. The Morgan fingerprint density at radius 2 is 1.86 bits per heavy atom. The fraction of sp³-hybridized carbons (Fsp3) is 1.00. The van der Waals surface area contributed by atoms with E-state index in [0.717, 1.165) is 0 Å². The van der Waals surface area contributed by atoms with E-state index in [4.69, 9.17) is 9.84 Å². The molecule has 84 valence electrons. The molecule has 1 rings (SSSR count). The third-order valence-corrected chi connectivity index (χ3v) is 2.54. The molecule has 0 spiro atoms. The van der Waals surface area contributed by atoms with Crippen LogP contribution < -0.4 is 0 Å². The van der Waals surface area contributed by atoms with Gasteiger partial charge in [0, 0.05) is 0 Å². The second kappa shape index (κ2) is 4.53. The van der Waals surface area contributed by atoms with Crippen LogP contribution in [0.4, 0.5) is 4.39 Å². The molecule has 1 aliphatic heterocycles. The lowest BCUT2D eigenvalue weighted by molar-refractivity contribution is -0.221. The van der Waals surface area contributed by atoms with Gasteiger partial charge in [-0.1, -0.05) is 13.8 Å². The lowest BCUT2D eigenvalue weighted by atomic mass is 9.90. The molecule has 0 saturated carbocycles. The van der Waals surface area contributed by atoms with E-state index in [0.29, 0.717) is 0 Å². The van der Waals surface area contributed by atoms with Crippen molar-refractivity contribution in [1.82, 2.24) is 0 Å². The Bertz CT molecular complexity index is 186. The van der Waals surface area contributed by atoms with Gasteiger partial charge in [-0.3, -0.25) is 0 Å². The molecule has 0 bridgehead atoms. The topological polar surface area (TPSA) is 69.9 Å². The number of alkyl halides is 1. The molecule has 0 amide bonds. The number of rotatable bonds is 2. The van der Waals surface area contributed by atoms with Crippen LogP contribution >= 0.6 is 0 Å². The van der Waals surface area contributed by atoms with Crippen LogP contribution in [0, 0.1) is 5.92 Å². The lowest BCUT2D eigenvalue weighted by Gasteiger charge is -2.40. The second-order valence-electron chi connectivity index (χ2n) is 3.99. The zero-order chi connectivity index (χ0) is 10.9. The first-order valence-corrected chi connectivity index (χ1v) is 4.75. The molecule has 1 fully saturated rings. The highest BCUT2D eigenvalue weighted by atomic mass is 19.1. The van der Waals surface area contributed by atoms with Crippen molar-refractivity contribution in [2.24, 2.45) is 5.92 Å². The van der Waals surface area contributed by atoms with Gasteiger partial charge >= 0.3 is 0 Å². The van der Waals surface area contributed by atoms with Crippen LogP contribution in [0.25, 0.3) is 0 Å². The van der Waals surface area contributed by atoms with Crippen LogP contribution in [0.15, 0.2) is 0 Å². The van der Waals surface area contributed by atoms with Crippen molar-refractivity contribution in [3.63, 3.8) is 0 Å². The molecule has 5 heteroatoms. The quantitative estimate of drug-likeness (QED) is 0.570. The SMILES string of the molecule is CC(C)[C@@H]1O[C@H](CO)[C@@H](F)[C@H](O)[C@H]1O. The van der Waals surface area contributed by atoms with E-state index in [1.807, 2.05) is 0 Å². The van der Waals surface area contributed by atoms with Crippen LogP contribution in [0.2, 0.25) is 0 Å². The fourth-order valence-corrected chi connectivity index (χ4v) is 1.66. The molecule has 14 heavy (non-hydrogen) atoms. The highest BCUT2D eigenvalue weighted by molar-refractivity contribution is 4.93. The molecule has 1 aliphatic rings. The van der Waals surface area contributed by atoms with Crippen molar-refractivity contribution in [2.75, 3.05) is 6.61 Å². The number of hydrogen-bond acceptors (Lipinski definition) is 4. The maximum absolute atomic E-state index is 13.2. The molecule has 0 aliphatic carbocycles. The van der Waals surface area contributed by atoms with Gasteiger partial charge in [-0.2, -0.15) is 0 Å². The minimum absolute atomic E-state index is 0.0406. The van der Waals surface area contributed by atoms with Gasteiger partial charge in [0.15, 0.2) is 6.17 Å². The summed E-state index contributed by atoms with van der Waals surface area (Å²) >= 11 is 0. The Morgan fingerprint density at radius 1 is 1.29 bits per heavy atom. The van der Waals surface area contributed by atoms with Gasteiger partial charge in [-0.15, -0.1) is 0 Å². The zero-order valence-corrected chi connectivity index (χ0v) is 8.30. The minimum Gasteiger partial charge on any atom is -0.394 e. The summed E-state index contributed by atoms with van der Waals surface area (Å²) in [5.74, 6) is -0.0406. The number of ether oxygens (including phenoxy) is 1. The van der Waals surface area contributed by atoms with Crippen molar-refractivity contribution in [1.29, 1.82) is 0 Å². The molecule has 1 saturated heterocycles.